The monoisotopic (exact) mass is 340 g/mol. The highest BCUT2D eigenvalue weighted by atomic mass is 79.9. The number of nitrogens with two attached hydrogens (primary N) is 1. The lowest BCUT2D eigenvalue weighted by Crippen LogP contribution is -2.44. The van der Waals surface area contributed by atoms with Crippen LogP contribution in [0.5, 0.6) is 0 Å². The van der Waals surface area contributed by atoms with Gasteiger partial charge in [-0.3, -0.25) is 4.79 Å². The van der Waals surface area contributed by atoms with Gasteiger partial charge in [0.25, 0.3) is 0 Å². The smallest absolute Gasteiger partial charge is 0.237 e. The molecule has 1 aliphatic rings. The summed E-state index contributed by atoms with van der Waals surface area (Å²) < 4.78 is 0.863. The van der Waals surface area contributed by atoms with Crippen molar-refractivity contribution in [3.8, 4) is 0 Å². The standard InChI is InChI=1S/C14H17BrN2OS/c1-9-4-5-10(15)11(8-9)17-13(18)14(12(16)19)6-2-3-7-14/h4-5,8H,2-3,6-7H2,1H3,(H2,16,19)(H,17,18). The number of hydrogen-bond acceptors (Lipinski definition) is 2. The van der Waals surface area contributed by atoms with Crippen molar-refractivity contribution in [2.24, 2.45) is 11.1 Å². The minimum Gasteiger partial charge on any atom is -0.392 e. The van der Waals surface area contributed by atoms with Gasteiger partial charge in [0.2, 0.25) is 5.91 Å². The van der Waals surface area contributed by atoms with Gasteiger partial charge in [0.1, 0.15) is 0 Å². The molecule has 0 saturated heterocycles. The van der Waals surface area contributed by atoms with E-state index in [9.17, 15) is 4.79 Å². The fraction of sp³-hybridized carbons (Fsp3) is 0.429. The van der Waals surface area contributed by atoms with Crippen LogP contribution >= 0.6 is 28.1 Å². The van der Waals surface area contributed by atoms with Gasteiger partial charge in [0.15, 0.2) is 0 Å². The van der Waals surface area contributed by atoms with Crippen LogP contribution < -0.4 is 11.1 Å². The summed E-state index contributed by atoms with van der Waals surface area (Å²) in [6, 6.07) is 5.84. The number of hydrogen-bond donors (Lipinski definition) is 2. The van der Waals surface area contributed by atoms with Crippen molar-refractivity contribution in [2.75, 3.05) is 5.32 Å². The number of aryl methyl sites for hydroxylation is 1. The van der Waals surface area contributed by atoms with Crippen molar-refractivity contribution in [2.45, 2.75) is 32.6 Å². The van der Waals surface area contributed by atoms with Crippen molar-refractivity contribution >= 4 is 44.7 Å². The van der Waals surface area contributed by atoms with Crippen molar-refractivity contribution in [1.82, 2.24) is 0 Å². The Kier molecular flexibility index (Phi) is 4.26. The highest BCUT2D eigenvalue weighted by Crippen LogP contribution is 2.40. The first kappa shape index (κ1) is 14.5. The summed E-state index contributed by atoms with van der Waals surface area (Å²) in [7, 11) is 0. The molecule has 102 valence electrons. The number of carbonyl (C=O) groups excluding carboxylic acids is 1. The van der Waals surface area contributed by atoms with Gasteiger partial charge in [-0.15, -0.1) is 0 Å². The first-order valence-electron chi connectivity index (χ1n) is 6.33. The van der Waals surface area contributed by atoms with Crippen LogP contribution in [0.1, 0.15) is 31.2 Å². The quantitative estimate of drug-likeness (QED) is 0.827. The Hall–Kier alpha value is -0.940. The van der Waals surface area contributed by atoms with Gasteiger partial charge < -0.3 is 11.1 Å². The van der Waals surface area contributed by atoms with E-state index in [1.807, 2.05) is 25.1 Å². The zero-order chi connectivity index (χ0) is 14.0. The molecule has 0 bridgehead atoms. The van der Waals surface area contributed by atoms with Gasteiger partial charge in [-0.1, -0.05) is 31.1 Å². The molecule has 0 spiro atoms. The molecular formula is C14H17BrN2OS. The Bertz CT molecular complexity index is 524. The third-order valence-corrected chi connectivity index (χ3v) is 4.82. The van der Waals surface area contributed by atoms with Crippen LogP contribution in [-0.4, -0.2) is 10.9 Å². The Labute approximate surface area is 127 Å². The zero-order valence-corrected chi connectivity index (χ0v) is 13.2. The van der Waals surface area contributed by atoms with Gasteiger partial charge in [-0.25, -0.2) is 0 Å². The molecule has 1 aromatic rings. The molecule has 0 heterocycles. The lowest BCUT2D eigenvalue weighted by Gasteiger charge is -2.26. The second kappa shape index (κ2) is 5.59. The number of anilines is 1. The van der Waals surface area contributed by atoms with Crippen LogP contribution in [0, 0.1) is 12.3 Å². The van der Waals surface area contributed by atoms with E-state index in [1.165, 1.54) is 0 Å². The molecule has 2 rings (SSSR count). The van der Waals surface area contributed by atoms with Gasteiger partial charge in [-0.05, 0) is 53.4 Å². The molecule has 3 nitrogen and oxygen atoms in total. The van der Waals surface area contributed by atoms with Crippen LogP contribution in [0.3, 0.4) is 0 Å². The second-order valence-corrected chi connectivity index (χ2v) is 6.39. The molecule has 0 aliphatic heterocycles. The summed E-state index contributed by atoms with van der Waals surface area (Å²) in [4.78, 5) is 12.9. The highest BCUT2D eigenvalue weighted by Gasteiger charge is 2.44. The number of amides is 1. The fourth-order valence-electron chi connectivity index (χ4n) is 2.54. The van der Waals surface area contributed by atoms with Gasteiger partial charge in [-0.2, -0.15) is 0 Å². The first-order valence-corrected chi connectivity index (χ1v) is 7.53. The summed E-state index contributed by atoms with van der Waals surface area (Å²) in [5.74, 6) is -0.0798. The normalized spacial score (nSPS) is 17.2. The van der Waals surface area contributed by atoms with Crippen LogP contribution in [0.15, 0.2) is 22.7 Å². The third-order valence-electron chi connectivity index (χ3n) is 3.73. The lowest BCUT2D eigenvalue weighted by atomic mass is 9.85. The highest BCUT2D eigenvalue weighted by molar-refractivity contribution is 9.10. The molecule has 1 amide bonds. The molecule has 1 aliphatic carbocycles. The molecule has 0 atom stereocenters. The topological polar surface area (TPSA) is 55.1 Å². The van der Waals surface area contributed by atoms with Crippen LogP contribution in [0.2, 0.25) is 0 Å². The SMILES string of the molecule is Cc1ccc(Br)c(NC(=O)C2(C(N)=S)CCCC2)c1. The van der Waals surface area contributed by atoms with Gasteiger partial charge >= 0.3 is 0 Å². The van der Waals surface area contributed by atoms with E-state index in [0.29, 0.717) is 4.99 Å². The Balaban J connectivity index is 2.25. The molecule has 1 aromatic carbocycles. The average molecular weight is 341 g/mol. The number of nitrogens with one attached hydrogen (secondary N) is 1. The molecule has 1 fully saturated rings. The molecular weight excluding hydrogens is 324 g/mol. The lowest BCUT2D eigenvalue weighted by molar-refractivity contribution is -0.122. The second-order valence-electron chi connectivity index (χ2n) is 5.09. The maximum absolute atomic E-state index is 12.5. The minimum atomic E-state index is -0.668. The van der Waals surface area contributed by atoms with E-state index in [1.54, 1.807) is 0 Å². The number of thiocarbonyl (C=S) groups is 1. The molecule has 19 heavy (non-hydrogen) atoms. The molecule has 0 radical (unpaired) electrons. The summed E-state index contributed by atoms with van der Waals surface area (Å²) in [6.07, 6.45) is 3.49. The predicted octanol–water partition coefficient (Wildman–Crippen LogP) is 3.54. The third kappa shape index (κ3) is 2.82. The summed E-state index contributed by atoms with van der Waals surface area (Å²) in [6.45, 7) is 1.99. The molecule has 0 aromatic heterocycles. The molecule has 0 unspecified atom stereocenters. The molecule has 1 saturated carbocycles. The van der Waals surface area contributed by atoms with E-state index < -0.39 is 5.41 Å². The molecule has 3 N–H and O–H groups in total. The first-order chi connectivity index (χ1) is 8.95. The van der Waals surface area contributed by atoms with Gasteiger partial charge in [0, 0.05) is 4.47 Å². The van der Waals surface area contributed by atoms with Crippen molar-refractivity contribution in [1.29, 1.82) is 0 Å². The average Bonchev–Trinajstić information content (AvgIpc) is 2.84. The fourth-order valence-corrected chi connectivity index (χ4v) is 3.18. The Morgan fingerprint density at radius 3 is 2.63 bits per heavy atom. The Morgan fingerprint density at radius 1 is 1.42 bits per heavy atom. The number of halogens is 1. The summed E-state index contributed by atoms with van der Waals surface area (Å²) in [5.41, 5.74) is 7.01. The summed E-state index contributed by atoms with van der Waals surface area (Å²) in [5, 5.41) is 2.96. The van der Waals surface area contributed by atoms with Crippen LogP contribution in [-0.2, 0) is 4.79 Å². The zero-order valence-electron chi connectivity index (χ0n) is 10.8. The van der Waals surface area contributed by atoms with Crippen LogP contribution in [0.4, 0.5) is 5.69 Å². The molecule has 5 heteroatoms. The maximum Gasteiger partial charge on any atom is 0.237 e. The Morgan fingerprint density at radius 2 is 2.05 bits per heavy atom. The number of rotatable bonds is 3. The van der Waals surface area contributed by atoms with Crippen molar-refractivity contribution < 1.29 is 4.79 Å². The minimum absolute atomic E-state index is 0.0798. The van der Waals surface area contributed by atoms with E-state index in [0.717, 1.165) is 41.4 Å². The van der Waals surface area contributed by atoms with E-state index in [-0.39, 0.29) is 5.91 Å². The summed E-state index contributed by atoms with van der Waals surface area (Å²) >= 11 is 8.57. The number of benzene rings is 1. The van der Waals surface area contributed by atoms with Crippen molar-refractivity contribution in [3.05, 3.63) is 28.2 Å². The van der Waals surface area contributed by atoms with Gasteiger partial charge in [0.05, 0.1) is 16.1 Å². The maximum atomic E-state index is 12.5. The van der Waals surface area contributed by atoms with E-state index in [2.05, 4.69) is 21.2 Å². The van der Waals surface area contributed by atoms with Crippen molar-refractivity contribution in [3.63, 3.8) is 0 Å². The van der Waals surface area contributed by atoms with Crippen LogP contribution in [0.25, 0.3) is 0 Å². The van der Waals surface area contributed by atoms with E-state index in [4.69, 9.17) is 18.0 Å². The largest absolute Gasteiger partial charge is 0.392 e. The number of carbonyl (C=O) groups is 1. The predicted molar refractivity (Wildman–Crippen MR) is 85.2 cm³/mol. The van der Waals surface area contributed by atoms with E-state index >= 15 is 0 Å².